The lowest BCUT2D eigenvalue weighted by molar-refractivity contribution is 0.171. The van der Waals surface area contributed by atoms with Crippen molar-refractivity contribution in [3.05, 3.63) is 29.8 Å². The van der Waals surface area contributed by atoms with Gasteiger partial charge in [0.25, 0.3) is 0 Å². The van der Waals surface area contributed by atoms with Crippen LogP contribution in [0.2, 0.25) is 0 Å². The molecule has 2 N–H and O–H groups in total. The second kappa shape index (κ2) is 7.65. The monoisotopic (exact) mass is 276 g/mol. The number of likely N-dealkylation sites (tertiary alicyclic amines) is 1. The molecule has 3 nitrogen and oxygen atoms in total. The van der Waals surface area contributed by atoms with Crippen LogP contribution >= 0.6 is 0 Å². The fraction of sp³-hybridized carbons (Fsp3) is 0.647. The predicted octanol–water partition coefficient (Wildman–Crippen LogP) is 2.89. The Bertz CT molecular complexity index is 406. The van der Waals surface area contributed by atoms with Crippen LogP contribution in [-0.2, 0) is 6.54 Å². The van der Waals surface area contributed by atoms with Crippen molar-refractivity contribution in [1.29, 1.82) is 0 Å². The Hall–Kier alpha value is -1.06. The van der Waals surface area contributed by atoms with Crippen LogP contribution in [0, 0.1) is 11.8 Å². The molecule has 0 saturated carbocycles. The fourth-order valence-corrected chi connectivity index (χ4v) is 2.74. The highest BCUT2D eigenvalue weighted by atomic mass is 16.5. The third-order valence-corrected chi connectivity index (χ3v) is 3.82. The minimum Gasteiger partial charge on any atom is -0.493 e. The highest BCUT2D eigenvalue weighted by molar-refractivity contribution is 5.28. The van der Waals surface area contributed by atoms with E-state index in [1.807, 2.05) is 6.07 Å². The highest BCUT2D eigenvalue weighted by Gasteiger charge is 2.18. The van der Waals surface area contributed by atoms with E-state index in [1.54, 1.807) is 0 Å². The van der Waals surface area contributed by atoms with Crippen molar-refractivity contribution in [1.82, 2.24) is 4.90 Å². The molecule has 3 heteroatoms. The van der Waals surface area contributed by atoms with Crippen molar-refractivity contribution < 1.29 is 4.74 Å². The summed E-state index contributed by atoms with van der Waals surface area (Å²) >= 11 is 0. The topological polar surface area (TPSA) is 38.5 Å². The van der Waals surface area contributed by atoms with Gasteiger partial charge in [0.1, 0.15) is 5.75 Å². The maximum atomic E-state index is 5.80. The molecular formula is C17H28N2O. The van der Waals surface area contributed by atoms with Crippen LogP contribution in [0.15, 0.2) is 24.3 Å². The van der Waals surface area contributed by atoms with Gasteiger partial charge in [-0.2, -0.15) is 0 Å². The molecule has 1 saturated heterocycles. The number of benzene rings is 1. The van der Waals surface area contributed by atoms with Crippen LogP contribution in [0.25, 0.3) is 0 Å². The molecule has 1 aromatic carbocycles. The van der Waals surface area contributed by atoms with Crippen LogP contribution in [-0.4, -0.2) is 31.1 Å². The first-order chi connectivity index (χ1) is 9.67. The van der Waals surface area contributed by atoms with E-state index in [9.17, 15) is 0 Å². The molecule has 0 amide bonds. The average Bonchev–Trinajstić information content (AvgIpc) is 2.46. The standard InChI is InChI=1S/C17H28N2O/c1-14(2)13-20-17-7-3-5-15(9-17)11-19-8-4-6-16(10-18)12-19/h3,5,7,9,14,16H,4,6,8,10-13,18H2,1-2H3. The minimum absolute atomic E-state index is 0.561. The van der Waals surface area contributed by atoms with Crippen LogP contribution in [0.3, 0.4) is 0 Å². The highest BCUT2D eigenvalue weighted by Crippen LogP contribution is 2.20. The van der Waals surface area contributed by atoms with Crippen molar-refractivity contribution >= 4 is 0 Å². The van der Waals surface area contributed by atoms with Gasteiger partial charge in [-0.1, -0.05) is 26.0 Å². The Balaban J connectivity index is 1.90. The molecule has 112 valence electrons. The Morgan fingerprint density at radius 3 is 3.00 bits per heavy atom. The van der Waals surface area contributed by atoms with Crippen molar-refractivity contribution in [2.24, 2.45) is 17.6 Å². The van der Waals surface area contributed by atoms with Gasteiger partial charge in [0.15, 0.2) is 0 Å². The van der Waals surface area contributed by atoms with E-state index in [0.717, 1.165) is 32.0 Å². The Morgan fingerprint density at radius 2 is 2.25 bits per heavy atom. The number of piperidine rings is 1. The van der Waals surface area contributed by atoms with Gasteiger partial charge in [-0.05, 0) is 55.5 Å². The van der Waals surface area contributed by atoms with Crippen LogP contribution in [0.1, 0.15) is 32.3 Å². The molecule has 20 heavy (non-hydrogen) atoms. The van der Waals surface area contributed by atoms with Crippen LogP contribution in [0.4, 0.5) is 0 Å². The molecule has 1 aliphatic heterocycles. The first-order valence-corrected chi connectivity index (χ1v) is 7.81. The maximum absolute atomic E-state index is 5.80. The van der Waals surface area contributed by atoms with Crippen molar-refractivity contribution in [3.63, 3.8) is 0 Å². The lowest BCUT2D eigenvalue weighted by atomic mass is 9.98. The first-order valence-electron chi connectivity index (χ1n) is 7.81. The number of nitrogens with zero attached hydrogens (tertiary/aromatic N) is 1. The molecule has 2 rings (SSSR count). The first kappa shape index (κ1) is 15.3. The summed E-state index contributed by atoms with van der Waals surface area (Å²) in [6.45, 7) is 9.27. The number of ether oxygens (including phenoxy) is 1. The Labute approximate surface area is 123 Å². The molecule has 1 aromatic rings. The van der Waals surface area contributed by atoms with Gasteiger partial charge in [-0.3, -0.25) is 4.90 Å². The molecule has 0 aliphatic carbocycles. The SMILES string of the molecule is CC(C)COc1cccc(CN2CCCC(CN)C2)c1. The largest absolute Gasteiger partial charge is 0.493 e. The summed E-state index contributed by atoms with van der Waals surface area (Å²) < 4.78 is 5.80. The van der Waals surface area contributed by atoms with Crippen LogP contribution < -0.4 is 10.5 Å². The molecule has 1 atom stereocenters. The van der Waals surface area contributed by atoms with Gasteiger partial charge >= 0.3 is 0 Å². The molecule has 0 bridgehead atoms. The number of hydrogen-bond donors (Lipinski definition) is 1. The van der Waals surface area contributed by atoms with Gasteiger partial charge in [-0.25, -0.2) is 0 Å². The molecule has 1 heterocycles. The zero-order valence-corrected chi connectivity index (χ0v) is 12.8. The number of nitrogens with two attached hydrogens (primary N) is 1. The predicted molar refractivity (Wildman–Crippen MR) is 83.8 cm³/mol. The van der Waals surface area contributed by atoms with Crippen LogP contribution in [0.5, 0.6) is 5.75 Å². The summed E-state index contributed by atoms with van der Waals surface area (Å²) in [6, 6.07) is 8.50. The van der Waals surface area contributed by atoms with Gasteiger partial charge in [0.2, 0.25) is 0 Å². The molecule has 1 unspecified atom stereocenters. The van der Waals surface area contributed by atoms with E-state index in [4.69, 9.17) is 10.5 Å². The average molecular weight is 276 g/mol. The van der Waals surface area contributed by atoms with Gasteiger partial charge in [-0.15, -0.1) is 0 Å². The van der Waals surface area contributed by atoms with Gasteiger partial charge in [0, 0.05) is 13.1 Å². The van der Waals surface area contributed by atoms with E-state index in [0.29, 0.717) is 11.8 Å². The van der Waals surface area contributed by atoms with E-state index in [-0.39, 0.29) is 0 Å². The molecule has 1 aliphatic rings. The summed E-state index contributed by atoms with van der Waals surface area (Å²) in [5.41, 5.74) is 7.14. The molecule has 0 aromatic heterocycles. The summed E-state index contributed by atoms with van der Waals surface area (Å²) in [5, 5.41) is 0. The number of hydrogen-bond acceptors (Lipinski definition) is 3. The zero-order chi connectivity index (χ0) is 14.4. The second-order valence-electron chi connectivity index (χ2n) is 6.33. The summed E-state index contributed by atoms with van der Waals surface area (Å²) in [4.78, 5) is 2.52. The van der Waals surface area contributed by atoms with E-state index >= 15 is 0 Å². The molecule has 0 spiro atoms. The third-order valence-electron chi connectivity index (χ3n) is 3.82. The molecular weight excluding hydrogens is 248 g/mol. The van der Waals surface area contributed by atoms with Gasteiger partial charge in [0.05, 0.1) is 6.61 Å². The third kappa shape index (κ3) is 4.80. The maximum Gasteiger partial charge on any atom is 0.119 e. The van der Waals surface area contributed by atoms with Gasteiger partial charge < -0.3 is 10.5 Å². The van der Waals surface area contributed by atoms with E-state index in [1.165, 1.54) is 24.9 Å². The van der Waals surface area contributed by atoms with Crippen molar-refractivity contribution in [3.8, 4) is 5.75 Å². The summed E-state index contributed by atoms with van der Waals surface area (Å²) in [7, 11) is 0. The summed E-state index contributed by atoms with van der Waals surface area (Å²) in [6.07, 6.45) is 2.55. The number of rotatable bonds is 6. The second-order valence-corrected chi connectivity index (χ2v) is 6.33. The smallest absolute Gasteiger partial charge is 0.119 e. The Kier molecular flexibility index (Phi) is 5.86. The Morgan fingerprint density at radius 1 is 1.40 bits per heavy atom. The zero-order valence-electron chi connectivity index (χ0n) is 12.8. The lowest BCUT2D eigenvalue weighted by Crippen LogP contribution is -2.37. The fourth-order valence-electron chi connectivity index (χ4n) is 2.74. The van der Waals surface area contributed by atoms with E-state index < -0.39 is 0 Å². The summed E-state index contributed by atoms with van der Waals surface area (Å²) in [5.74, 6) is 2.22. The minimum atomic E-state index is 0.561. The van der Waals surface area contributed by atoms with Crippen molar-refractivity contribution in [2.75, 3.05) is 26.2 Å². The van der Waals surface area contributed by atoms with E-state index in [2.05, 4.69) is 36.9 Å². The normalized spacial score (nSPS) is 20.3. The van der Waals surface area contributed by atoms with Crippen molar-refractivity contribution in [2.45, 2.75) is 33.2 Å². The molecule has 0 radical (unpaired) electrons. The lowest BCUT2D eigenvalue weighted by Gasteiger charge is -2.32. The molecule has 1 fully saturated rings. The quantitative estimate of drug-likeness (QED) is 0.868.